The SMILES string of the molecule is C=CC(=O)N1C[C@@H](Nc2ncc(/C=C(\C)c3c(Cl)c(OC)cc(OC)c3Cl)c(C=C)n2)C[C@H]1CNC(C)=O. The number of carbonyl (C=O) groups is 2. The molecule has 0 radical (unpaired) electrons. The van der Waals surface area contributed by atoms with Gasteiger partial charge >= 0.3 is 0 Å². The molecule has 2 atom stereocenters. The van der Waals surface area contributed by atoms with Crippen molar-refractivity contribution in [3.63, 3.8) is 0 Å². The highest BCUT2D eigenvalue weighted by atomic mass is 35.5. The van der Waals surface area contributed by atoms with Crippen LogP contribution in [-0.2, 0) is 9.59 Å². The van der Waals surface area contributed by atoms with Crippen LogP contribution in [0.4, 0.5) is 5.95 Å². The van der Waals surface area contributed by atoms with E-state index in [1.54, 1.807) is 23.2 Å². The second-order valence-corrected chi connectivity index (χ2v) is 9.47. The van der Waals surface area contributed by atoms with Crippen LogP contribution in [0.3, 0.4) is 0 Å². The zero-order chi connectivity index (χ0) is 28.0. The van der Waals surface area contributed by atoms with Crippen LogP contribution < -0.4 is 20.1 Å². The van der Waals surface area contributed by atoms with Gasteiger partial charge in [-0.1, -0.05) is 36.4 Å². The molecule has 0 spiro atoms. The van der Waals surface area contributed by atoms with Gasteiger partial charge in [0, 0.05) is 49.4 Å². The van der Waals surface area contributed by atoms with Gasteiger partial charge in [0.15, 0.2) is 0 Å². The van der Waals surface area contributed by atoms with E-state index in [-0.39, 0.29) is 23.9 Å². The van der Waals surface area contributed by atoms with E-state index in [4.69, 9.17) is 32.7 Å². The predicted octanol–water partition coefficient (Wildman–Crippen LogP) is 4.71. The number of aromatic nitrogens is 2. The Morgan fingerprint density at radius 2 is 1.84 bits per heavy atom. The van der Waals surface area contributed by atoms with Crippen LogP contribution in [0.15, 0.2) is 31.5 Å². The molecular formula is C27H31Cl2N5O4. The van der Waals surface area contributed by atoms with Gasteiger partial charge in [0.05, 0.1) is 36.0 Å². The third-order valence-electron chi connectivity index (χ3n) is 6.17. The number of anilines is 1. The number of nitrogens with zero attached hydrogens (tertiary/aromatic N) is 3. The second-order valence-electron chi connectivity index (χ2n) is 8.71. The molecular weight excluding hydrogens is 529 g/mol. The summed E-state index contributed by atoms with van der Waals surface area (Å²) in [5, 5.41) is 6.80. The minimum atomic E-state index is -0.195. The van der Waals surface area contributed by atoms with Gasteiger partial charge in [0.1, 0.15) is 11.5 Å². The maximum atomic E-state index is 12.3. The molecule has 1 aliphatic heterocycles. The van der Waals surface area contributed by atoms with Crippen molar-refractivity contribution >= 4 is 58.7 Å². The summed E-state index contributed by atoms with van der Waals surface area (Å²) in [6.45, 7) is 11.6. The molecule has 2 N–H and O–H groups in total. The second kappa shape index (κ2) is 12.8. The van der Waals surface area contributed by atoms with E-state index >= 15 is 0 Å². The molecule has 0 aliphatic carbocycles. The van der Waals surface area contributed by atoms with E-state index in [9.17, 15) is 9.59 Å². The first-order chi connectivity index (χ1) is 18.1. The lowest BCUT2D eigenvalue weighted by Gasteiger charge is -2.23. The van der Waals surface area contributed by atoms with Crippen molar-refractivity contribution in [1.29, 1.82) is 0 Å². The average molecular weight is 560 g/mol. The quantitative estimate of drug-likeness (QED) is 0.406. The monoisotopic (exact) mass is 559 g/mol. The molecule has 9 nitrogen and oxygen atoms in total. The fraction of sp³-hybridized carbons (Fsp3) is 0.333. The highest BCUT2D eigenvalue weighted by molar-refractivity contribution is 6.39. The third kappa shape index (κ3) is 6.46. The molecule has 1 aromatic carbocycles. The summed E-state index contributed by atoms with van der Waals surface area (Å²) in [7, 11) is 3.04. The summed E-state index contributed by atoms with van der Waals surface area (Å²) in [6, 6.07) is 1.36. The standard InChI is InChI=1S/C27H31Cl2N5O4/c1-7-20-17(9-15(3)24-25(28)21(37-5)11-22(38-6)26(24)29)12-31-27(33-20)32-18-10-19(13-30-16(4)35)34(14-18)23(36)8-2/h7-9,11-12,18-19H,1-2,10,13-14H2,3-6H3,(H,30,35)(H,31,32,33)/b15-9+/t18-,19-/m0/s1. The Kier molecular flexibility index (Phi) is 9.77. The van der Waals surface area contributed by atoms with Gasteiger partial charge in [-0.25, -0.2) is 9.97 Å². The zero-order valence-electron chi connectivity index (χ0n) is 21.8. The molecule has 0 unspecified atom stereocenters. The number of carbonyl (C=O) groups excluding carboxylic acids is 2. The summed E-state index contributed by atoms with van der Waals surface area (Å²) in [4.78, 5) is 34.5. The Labute approximate surface area is 232 Å². The van der Waals surface area contributed by atoms with Crippen LogP contribution >= 0.6 is 23.2 Å². The number of amides is 2. The van der Waals surface area contributed by atoms with E-state index in [1.165, 1.54) is 27.2 Å². The number of methoxy groups -OCH3 is 2. The molecule has 38 heavy (non-hydrogen) atoms. The van der Waals surface area contributed by atoms with Crippen LogP contribution in [0.5, 0.6) is 11.5 Å². The van der Waals surface area contributed by atoms with Crippen LogP contribution in [-0.4, -0.2) is 66.1 Å². The lowest BCUT2D eigenvalue weighted by atomic mass is 10.0. The largest absolute Gasteiger partial charge is 0.495 e. The number of allylic oxidation sites excluding steroid dienone is 1. The van der Waals surface area contributed by atoms with Crippen molar-refractivity contribution in [1.82, 2.24) is 20.2 Å². The number of hydrogen-bond donors (Lipinski definition) is 2. The van der Waals surface area contributed by atoms with Crippen molar-refractivity contribution in [2.45, 2.75) is 32.4 Å². The Balaban J connectivity index is 1.86. The summed E-state index contributed by atoms with van der Waals surface area (Å²) >= 11 is 13.1. The van der Waals surface area contributed by atoms with Gasteiger partial charge < -0.3 is 25.0 Å². The van der Waals surface area contributed by atoms with Crippen molar-refractivity contribution in [2.24, 2.45) is 0 Å². The molecule has 2 aromatic rings. The van der Waals surface area contributed by atoms with Gasteiger partial charge in [0.2, 0.25) is 17.8 Å². The van der Waals surface area contributed by atoms with E-state index in [2.05, 4.69) is 33.8 Å². The van der Waals surface area contributed by atoms with Gasteiger partial charge in [-0.2, -0.15) is 0 Å². The topological polar surface area (TPSA) is 106 Å². The summed E-state index contributed by atoms with van der Waals surface area (Å²) in [6.07, 6.45) is 7.04. The van der Waals surface area contributed by atoms with Crippen LogP contribution in [0.25, 0.3) is 17.7 Å². The first-order valence-electron chi connectivity index (χ1n) is 11.9. The minimum Gasteiger partial charge on any atom is -0.495 e. The molecule has 1 saturated heterocycles. The molecule has 3 rings (SSSR count). The van der Waals surface area contributed by atoms with Crippen LogP contribution in [0.1, 0.15) is 37.1 Å². The Bertz CT molecular complexity index is 1250. The van der Waals surface area contributed by atoms with Gasteiger partial charge in [-0.05, 0) is 37.1 Å². The van der Waals surface area contributed by atoms with Crippen molar-refractivity contribution < 1.29 is 19.1 Å². The molecule has 0 bridgehead atoms. The highest BCUT2D eigenvalue weighted by Crippen LogP contribution is 2.44. The summed E-state index contributed by atoms with van der Waals surface area (Å²) in [5.41, 5.74) is 2.62. The molecule has 1 aliphatic rings. The van der Waals surface area contributed by atoms with Crippen molar-refractivity contribution in [3.8, 4) is 11.5 Å². The molecule has 202 valence electrons. The van der Waals surface area contributed by atoms with E-state index < -0.39 is 0 Å². The number of benzene rings is 1. The molecule has 2 amide bonds. The average Bonchev–Trinajstić information content (AvgIpc) is 3.30. The van der Waals surface area contributed by atoms with Gasteiger partial charge in [0.25, 0.3) is 0 Å². The Hall–Kier alpha value is -3.56. The van der Waals surface area contributed by atoms with Crippen LogP contribution in [0, 0.1) is 0 Å². The first kappa shape index (κ1) is 29.0. The summed E-state index contributed by atoms with van der Waals surface area (Å²) in [5.74, 6) is 0.922. The molecule has 0 saturated carbocycles. The number of likely N-dealkylation sites (tertiary alicyclic amines) is 1. The lowest BCUT2D eigenvalue weighted by molar-refractivity contribution is -0.127. The highest BCUT2D eigenvalue weighted by Gasteiger charge is 2.34. The van der Waals surface area contributed by atoms with Crippen LogP contribution in [0.2, 0.25) is 10.0 Å². The summed E-state index contributed by atoms with van der Waals surface area (Å²) < 4.78 is 10.7. The van der Waals surface area contributed by atoms with E-state index in [0.29, 0.717) is 63.8 Å². The molecule has 11 heteroatoms. The normalized spacial score (nSPS) is 17.1. The molecule has 1 fully saturated rings. The Morgan fingerprint density at radius 3 is 2.39 bits per heavy atom. The molecule has 2 heterocycles. The number of nitrogens with one attached hydrogen (secondary N) is 2. The van der Waals surface area contributed by atoms with Crippen molar-refractivity contribution in [3.05, 3.63) is 58.4 Å². The first-order valence-corrected chi connectivity index (χ1v) is 12.6. The van der Waals surface area contributed by atoms with Gasteiger partial charge in [-0.3, -0.25) is 9.59 Å². The van der Waals surface area contributed by atoms with E-state index in [0.717, 1.165) is 5.57 Å². The number of halogens is 2. The number of hydrogen-bond acceptors (Lipinski definition) is 7. The predicted molar refractivity (Wildman–Crippen MR) is 152 cm³/mol. The fourth-order valence-electron chi connectivity index (χ4n) is 4.33. The number of rotatable bonds is 10. The molecule has 1 aromatic heterocycles. The maximum Gasteiger partial charge on any atom is 0.246 e. The number of ether oxygens (including phenoxy) is 2. The Morgan fingerprint density at radius 1 is 1.18 bits per heavy atom. The third-order valence-corrected chi connectivity index (χ3v) is 6.92. The lowest BCUT2D eigenvalue weighted by Crippen LogP contribution is -2.42. The maximum absolute atomic E-state index is 12.3. The minimum absolute atomic E-state index is 0.111. The van der Waals surface area contributed by atoms with E-state index in [1.807, 2.05) is 13.0 Å². The van der Waals surface area contributed by atoms with Crippen molar-refractivity contribution in [2.75, 3.05) is 32.6 Å². The zero-order valence-corrected chi connectivity index (χ0v) is 23.3. The van der Waals surface area contributed by atoms with Gasteiger partial charge in [-0.15, -0.1) is 0 Å². The smallest absolute Gasteiger partial charge is 0.246 e. The fourth-order valence-corrected chi connectivity index (χ4v) is 5.13.